The van der Waals surface area contributed by atoms with Gasteiger partial charge in [-0.3, -0.25) is 9.78 Å². The molecule has 2 aromatic heterocycles. The fraction of sp³-hybridized carbons (Fsp3) is 0.529. The van der Waals surface area contributed by atoms with Crippen LogP contribution in [0.3, 0.4) is 0 Å². The molecule has 1 amide bonds. The summed E-state index contributed by atoms with van der Waals surface area (Å²) >= 11 is 0. The second-order valence-corrected chi connectivity index (χ2v) is 9.22. The average molecular weight is 479 g/mol. The van der Waals surface area contributed by atoms with Crippen molar-refractivity contribution in [1.82, 2.24) is 24.8 Å². The SMILES string of the molecule is CC(F)(F)C(=O)N[C@@H]1COCC[C@H]1N1Cc2ncc(-c3nnc(C(F)F)o3)cc2S1(=O)=O. The van der Waals surface area contributed by atoms with E-state index < -0.39 is 46.3 Å². The Morgan fingerprint density at radius 3 is 2.75 bits per heavy atom. The molecule has 2 aliphatic heterocycles. The number of amides is 1. The van der Waals surface area contributed by atoms with E-state index in [1.807, 2.05) is 0 Å². The molecule has 0 aromatic carbocycles. The first-order valence-electron chi connectivity index (χ1n) is 9.37. The van der Waals surface area contributed by atoms with E-state index in [1.165, 1.54) is 12.3 Å². The zero-order valence-corrected chi connectivity index (χ0v) is 17.3. The van der Waals surface area contributed by atoms with Crippen LogP contribution in [-0.2, 0) is 26.1 Å². The summed E-state index contributed by atoms with van der Waals surface area (Å²) < 4.78 is 89.6. The van der Waals surface area contributed by atoms with Gasteiger partial charge in [0.2, 0.25) is 15.9 Å². The lowest BCUT2D eigenvalue weighted by Crippen LogP contribution is -2.58. The number of fused-ring (bicyclic) bond motifs is 1. The predicted octanol–water partition coefficient (Wildman–Crippen LogP) is 1.50. The van der Waals surface area contributed by atoms with Gasteiger partial charge < -0.3 is 14.5 Å². The van der Waals surface area contributed by atoms with Crippen molar-refractivity contribution in [1.29, 1.82) is 0 Å². The summed E-state index contributed by atoms with van der Waals surface area (Å²) in [7, 11) is -4.15. The fourth-order valence-corrected chi connectivity index (χ4v) is 5.37. The molecule has 0 spiro atoms. The summed E-state index contributed by atoms with van der Waals surface area (Å²) in [6, 6.07) is -0.685. The van der Waals surface area contributed by atoms with Crippen LogP contribution in [0, 0.1) is 0 Å². The number of aromatic nitrogens is 3. The van der Waals surface area contributed by atoms with Crippen LogP contribution in [0.1, 0.15) is 31.4 Å². The summed E-state index contributed by atoms with van der Waals surface area (Å²) in [5, 5.41) is 8.83. The van der Waals surface area contributed by atoms with Gasteiger partial charge in [-0.1, -0.05) is 0 Å². The topological polar surface area (TPSA) is 128 Å². The maximum absolute atomic E-state index is 13.3. The number of alkyl halides is 4. The number of carbonyl (C=O) groups excluding carboxylic acids is 1. The Morgan fingerprint density at radius 1 is 1.34 bits per heavy atom. The van der Waals surface area contributed by atoms with Crippen LogP contribution in [0.15, 0.2) is 21.6 Å². The van der Waals surface area contributed by atoms with Gasteiger partial charge in [0.05, 0.1) is 36.5 Å². The quantitative estimate of drug-likeness (QED) is 0.640. The highest BCUT2D eigenvalue weighted by atomic mass is 32.2. The molecule has 32 heavy (non-hydrogen) atoms. The molecule has 0 unspecified atom stereocenters. The van der Waals surface area contributed by atoms with Gasteiger partial charge in [0, 0.05) is 19.7 Å². The Bertz CT molecular complexity index is 1140. The molecule has 2 aliphatic rings. The van der Waals surface area contributed by atoms with Gasteiger partial charge in [-0.25, -0.2) is 8.42 Å². The van der Waals surface area contributed by atoms with Crippen molar-refractivity contribution in [2.24, 2.45) is 0 Å². The largest absolute Gasteiger partial charge is 0.415 e. The first-order chi connectivity index (χ1) is 15.0. The van der Waals surface area contributed by atoms with E-state index in [1.54, 1.807) is 0 Å². The molecule has 1 saturated heterocycles. The first kappa shape index (κ1) is 22.5. The third kappa shape index (κ3) is 4.06. The standard InChI is InChI=1S/C17H17F4N5O5S/c1-17(20,21)16(27)23-10-7-30-3-2-11(10)26-6-9-12(32(26,28)29)4-8(5-22-9)14-24-25-15(31-14)13(18)19/h4-5,10-11,13H,2-3,6-7H2,1H3,(H,23,27)/t10-,11-/m1/s1. The molecule has 0 aliphatic carbocycles. The maximum Gasteiger partial charge on any atom is 0.321 e. The molecule has 2 atom stereocenters. The monoisotopic (exact) mass is 479 g/mol. The minimum absolute atomic E-state index is 0.0241. The average Bonchev–Trinajstić information content (AvgIpc) is 3.31. The molecular weight excluding hydrogens is 462 g/mol. The lowest BCUT2D eigenvalue weighted by Gasteiger charge is -2.37. The number of halogens is 4. The second-order valence-electron chi connectivity index (χ2n) is 7.36. The van der Waals surface area contributed by atoms with Crippen molar-refractivity contribution in [3.63, 3.8) is 0 Å². The van der Waals surface area contributed by atoms with Crippen LogP contribution >= 0.6 is 0 Å². The number of hydrogen-bond donors (Lipinski definition) is 1. The van der Waals surface area contributed by atoms with Gasteiger partial charge in [-0.15, -0.1) is 10.2 Å². The number of pyridine rings is 1. The molecular formula is C17H17F4N5O5S. The summed E-state index contributed by atoms with van der Waals surface area (Å²) in [6.45, 7) is 0.292. The Labute approximate surface area is 179 Å². The minimum Gasteiger partial charge on any atom is -0.415 e. The summed E-state index contributed by atoms with van der Waals surface area (Å²) in [5.74, 6) is -6.44. The molecule has 1 fully saturated rings. The smallest absolute Gasteiger partial charge is 0.321 e. The molecule has 1 N–H and O–H groups in total. The molecule has 2 aromatic rings. The molecule has 174 valence electrons. The van der Waals surface area contributed by atoms with Gasteiger partial charge in [-0.05, 0) is 12.5 Å². The summed E-state index contributed by atoms with van der Waals surface area (Å²) in [4.78, 5) is 15.6. The van der Waals surface area contributed by atoms with E-state index in [9.17, 15) is 30.8 Å². The Kier molecular flexibility index (Phi) is 5.67. The highest BCUT2D eigenvalue weighted by Crippen LogP contribution is 2.36. The molecule has 15 heteroatoms. The highest BCUT2D eigenvalue weighted by molar-refractivity contribution is 7.89. The van der Waals surface area contributed by atoms with Gasteiger partial charge in [0.25, 0.3) is 11.8 Å². The highest BCUT2D eigenvalue weighted by Gasteiger charge is 2.46. The normalized spacial score (nSPS) is 23.3. The van der Waals surface area contributed by atoms with E-state index >= 15 is 0 Å². The summed E-state index contributed by atoms with van der Waals surface area (Å²) in [6.07, 6.45) is -1.63. The minimum atomic E-state index is -4.15. The number of nitrogens with zero attached hydrogens (tertiary/aromatic N) is 4. The predicted molar refractivity (Wildman–Crippen MR) is 97.0 cm³/mol. The Balaban J connectivity index is 1.62. The van der Waals surface area contributed by atoms with Crippen molar-refractivity contribution in [3.05, 3.63) is 23.8 Å². The van der Waals surface area contributed by atoms with Crippen molar-refractivity contribution >= 4 is 15.9 Å². The van der Waals surface area contributed by atoms with E-state index in [0.29, 0.717) is 6.92 Å². The molecule has 10 nitrogen and oxygen atoms in total. The van der Waals surface area contributed by atoms with Crippen LogP contribution < -0.4 is 5.32 Å². The fourth-order valence-electron chi connectivity index (χ4n) is 3.53. The van der Waals surface area contributed by atoms with Crippen LogP contribution in [-0.4, -0.2) is 65.0 Å². The number of ether oxygens (including phenoxy) is 1. The third-order valence-electron chi connectivity index (χ3n) is 5.10. The van der Waals surface area contributed by atoms with E-state index in [2.05, 4.69) is 20.5 Å². The van der Waals surface area contributed by atoms with E-state index in [4.69, 9.17) is 9.15 Å². The van der Waals surface area contributed by atoms with Crippen molar-refractivity contribution < 1.29 is 39.9 Å². The van der Waals surface area contributed by atoms with Gasteiger partial charge in [0.15, 0.2) is 0 Å². The van der Waals surface area contributed by atoms with Crippen LogP contribution in [0.2, 0.25) is 0 Å². The maximum atomic E-state index is 13.3. The zero-order chi connectivity index (χ0) is 23.3. The molecule has 4 heterocycles. The zero-order valence-electron chi connectivity index (χ0n) is 16.5. The lowest BCUT2D eigenvalue weighted by atomic mass is 10.0. The number of hydrogen-bond acceptors (Lipinski definition) is 8. The van der Waals surface area contributed by atoms with Crippen molar-refractivity contribution in [2.75, 3.05) is 13.2 Å². The van der Waals surface area contributed by atoms with E-state index in [-0.39, 0.29) is 48.2 Å². The second kappa shape index (κ2) is 8.04. The van der Waals surface area contributed by atoms with Crippen molar-refractivity contribution in [2.45, 2.75) is 49.2 Å². The molecule has 0 bridgehead atoms. The summed E-state index contributed by atoms with van der Waals surface area (Å²) in [5.41, 5.74) is 0.191. The molecule has 0 saturated carbocycles. The van der Waals surface area contributed by atoms with Crippen LogP contribution in [0.4, 0.5) is 17.6 Å². The molecule has 4 rings (SSSR count). The van der Waals surface area contributed by atoms with Crippen molar-refractivity contribution in [3.8, 4) is 11.5 Å². The first-order valence-corrected chi connectivity index (χ1v) is 10.8. The number of carbonyl (C=O) groups is 1. The van der Waals surface area contributed by atoms with Gasteiger partial charge >= 0.3 is 12.3 Å². The number of rotatable bonds is 5. The van der Waals surface area contributed by atoms with E-state index in [0.717, 1.165) is 4.31 Å². The molecule has 0 radical (unpaired) electrons. The van der Waals surface area contributed by atoms with Crippen LogP contribution in [0.5, 0.6) is 0 Å². The third-order valence-corrected chi connectivity index (χ3v) is 7.03. The number of nitrogens with one attached hydrogen (secondary N) is 1. The van der Waals surface area contributed by atoms with Gasteiger partial charge in [-0.2, -0.15) is 21.9 Å². The Morgan fingerprint density at radius 2 is 2.09 bits per heavy atom. The van der Waals surface area contributed by atoms with Crippen LogP contribution in [0.25, 0.3) is 11.5 Å². The lowest BCUT2D eigenvalue weighted by molar-refractivity contribution is -0.145. The van der Waals surface area contributed by atoms with Gasteiger partial charge in [0.1, 0.15) is 4.90 Å². The Hall–Kier alpha value is -2.65. The number of sulfonamides is 1.